The molecule has 21 heavy (non-hydrogen) atoms. The standard InChI is InChI=1S/C13H14N2O4S2/c1-9-4-5-11(19-9)21(17,18)15-7-6-14-13(16)12(15)10-3-2-8-20-10/h2-5,8,12H,6-7H2,1H3,(H,14,16). The van der Waals surface area contributed by atoms with E-state index in [1.165, 1.54) is 21.7 Å². The molecule has 6 nitrogen and oxygen atoms in total. The van der Waals surface area contributed by atoms with E-state index in [0.29, 0.717) is 17.2 Å². The molecule has 0 saturated carbocycles. The van der Waals surface area contributed by atoms with Gasteiger partial charge in [0.25, 0.3) is 10.0 Å². The number of sulfonamides is 1. The molecule has 3 rings (SSSR count). The Kier molecular flexibility index (Phi) is 3.60. The molecule has 1 fully saturated rings. The Morgan fingerprint density at radius 1 is 1.38 bits per heavy atom. The van der Waals surface area contributed by atoms with E-state index in [4.69, 9.17) is 4.42 Å². The van der Waals surface area contributed by atoms with Gasteiger partial charge in [-0.15, -0.1) is 11.3 Å². The van der Waals surface area contributed by atoms with E-state index < -0.39 is 16.1 Å². The summed E-state index contributed by atoms with van der Waals surface area (Å²) in [6, 6.07) is 5.73. The van der Waals surface area contributed by atoms with Crippen LogP contribution in [0.4, 0.5) is 0 Å². The van der Waals surface area contributed by atoms with Gasteiger partial charge in [-0.3, -0.25) is 4.79 Å². The van der Waals surface area contributed by atoms with Crippen molar-refractivity contribution in [1.82, 2.24) is 9.62 Å². The summed E-state index contributed by atoms with van der Waals surface area (Å²) in [5.41, 5.74) is 0. The average molecular weight is 326 g/mol. The Morgan fingerprint density at radius 3 is 2.81 bits per heavy atom. The number of hydrogen-bond acceptors (Lipinski definition) is 5. The van der Waals surface area contributed by atoms with Crippen molar-refractivity contribution in [3.05, 3.63) is 40.3 Å². The molecule has 0 radical (unpaired) electrons. The summed E-state index contributed by atoms with van der Waals surface area (Å²) in [7, 11) is -3.84. The molecule has 1 N–H and O–H groups in total. The molecule has 0 aliphatic carbocycles. The summed E-state index contributed by atoms with van der Waals surface area (Å²) in [5.74, 6) is 0.207. The number of rotatable bonds is 3. The Morgan fingerprint density at radius 2 is 2.19 bits per heavy atom. The predicted molar refractivity (Wildman–Crippen MR) is 77.4 cm³/mol. The van der Waals surface area contributed by atoms with Crippen molar-refractivity contribution in [3.8, 4) is 0 Å². The molecule has 2 aromatic rings. The third kappa shape index (κ3) is 2.50. The number of carbonyl (C=O) groups is 1. The number of nitrogens with zero attached hydrogens (tertiary/aromatic N) is 1. The van der Waals surface area contributed by atoms with Gasteiger partial charge in [0.05, 0.1) is 0 Å². The molecule has 1 amide bonds. The highest BCUT2D eigenvalue weighted by molar-refractivity contribution is 7.89. The molecule has 3 heterocycles. The number of furan rings is 1. The second-order valence-corrected chi connectivity index (χ2v) is 7.49. The molecule has 1 aliphatic heterocycles. The SMILES string of the molecule is Cc1ccc(S(=O)(=O)N2CCNC(=O)C2c2cccs2)o1. The number of hydrogen-bond donors (Lipinski definition) is 1. The number of nitrogens with one attached hydrogen (secondary N) is 1. The number of amides is 1. The van der Waals surface area contributed by atoms with Gasteiger partial charge >= 0.3 is 0 Å². The maximum Gasteiger partial charge on any atom is 0.277 e. The Labute approximate surface area is 126 Å². The van der Waals surface area contributed by atoms with Crippen LogP contribution < -0.4 is 5.32 Å². The van der Waals surface area contributed by atoms with Gasteiger partial charge in [0.2, 0.25) is 11.0 Å². The molecular weight excluding hydrogens is 312 g/mol. The highest BCUT2D eigenvalue weighted by atomic mass is 32.2. The molecule has 0 aromatic carbocycles. The second kappa shape index (κ2) is 5.28. The van der Waals surface area contributed by atoms with Crippen LogP contribution in [0.25, 0.3) is 0 Å². The van der Waals surface area contributed by atoms with Gasteiger partial charge in [0, 0.05) is 18.0 Å². The van der Waals surface area contributed by atoms with Crippen molar-refractivity contribution < 1.29 is 17.6 Å². The fourth-order valence-corrected chi connectivity index (χ4v) is 4.72. The van der Waals surface area contributed by atoms with E-state index in [9.17, 15) is 13.2 Å². The van der Waals surface area contributed by atoms with E-state index >= 15 is 0 Å². The van der Waals surface area contributed by atoms with Crippen molar-refractivity contribution in [2.75, 3.05) is 13.1 Å². The predicted octanol–water partition coefficient (Wildman–Crippen LogP) is 1.51. The summed E-state index contributed by atoms with van der Waals surface area (Å²) in [6.07, 6.45) is 0. The van der Waals surface area contributed by atoms with Crippen LogP contribution in [-0.4, -0.2) is 31.7 Å². The Hall–Kier alpha value is -1.64. The number of piperazine rings is 1. The lowest BCUT2D eigenvalue weighted by Gasteiger charge is -2.32. The third-order valence-corrected chi connectivity index (χ3v) is 5.92. The van der Waals surface area contributed by atoms with Crippen LogP contribution in [0.3, 0.4) is 0 Å². The molecule has 1 aliphatic rings. The van der Waals surface area contributed by atoms with E-state index in [1.54, 1.807) is 25.1 Å². The van der Waals surface area contributed by atoms with Gasteiger partial charge in [-0.05, 0) is 30.5 Å². The van der Waals surface area contributed by atoms with Gasteiger partial charge in [0.1, 0.15) is 11.8 Å². The second-order valence-electron chi connectivity index (χ2n) is 4.69. The molecule has 1 saturated heterocycles. The number of aryl methyl sites for hydroxylation is 1. The maximum atomic E-state index is 12.7. The van der Waals surface area contributed by atoms with E-state index in [-0.39, 0.29) is 17.5 Å². The summed E-state index contributed by atoms with van der Waals surface area (Å²) in [4.78, 5) is 12.8. The molecule has 1 unspecified atom stereocenters. The van der Waals surface area contributed by atoms with Crippen LogP contribution >= 0.6 is 11.3 Å². The van der Waals surface area contributed by atoms with Crippen molar-refractivity contribution in [2.45, 2.75) is 18.1 Å². The summed E-state index contributed by atoms with van der Waals surface area (Å²) >= 11 is 1.36. The van der Waals surface area contributed by atoms with E-state index in [1.807, 2.05) is 5.38 Å². The van der Waals surface area contributed by atoms with Gasteiger partial charge in [-0.2, -0.15) is 4.31 Å². The van der Waals surface area contributed by atoms with Crippen LogP contribution in [0.15, 0.2) is 39.2 Å². The van der Waals surface area contributed by atoms with Gasteiger partial charge in [-0.1, -0.05) is 6.07 Å². The van der Waals surface area contributed by atoms with Crippen molar-refractivity contribution in [1.29, 1.82) is 0 Å². The van der Waals surface area contributed by atoms with Crippen molar-refractivity contribution in [3.63, 3.8) is 0 Å². The Balaban J connectivity index is 2.04. The maximum absolute atomic E-state index is 12.7. The summed E-state index contributed by atoms with van der Waals surface area (Å²) < 4.78 is 31.9. The van der Waals surface area contributed by atoms with Crippen LogP contribution in [0.1, 0.15) is 16.7 Å². The minimum Gasteiger partial charge on any atom is -0.449 e. The minimum absolute atomic E-state index is 0.128. The first-order valence-electron chi connectivity index (χ1n) is 6.39. The van der Waals surface area contributed by atoms with E-state index in [0.717, 1.165) is 0 Å². The minimum atomic E-state index is -3.84. The van der Waals surface area contributed by atoms with Crippen molar-refractivity contribution >= 4 is 27.3 Å². The molecule has 2 aromatic heterocycles. The highest BCUT2D eigenvalue weighted by Gasteiger charge is 2.41. The topological polar surface area (TPSA) is 79.6 Å². The lowest BCUT2D eigenvalue weighted by molar-refractivity contribution is -0.126. The number of carbonyl (C=O) groups excluding carboxylic acids is 1. The molecule has 8 heteroatoms. The fraction of sp³-hybridized carbons (Fsp3) is 0.308. The van der Waals surface area contributed by atoms with Gasteiger partial charge in [-0.25, -0.2) is 8.42 Å². The molecule has 0 bridgehead atoms. The van der Waals surface area contributed by atoms with Crippen molar-refractivity contribution in [2.24, 2.45) is 0 Å². The van der Waals surface area contributed by atoms with Crippen LogP contribution in [-0.2, 0) is 14.8 Å². The quantitative estimate of drug-likeness (QED) is 0.927. The lowest BCUT2D eigenvalue weighted by atomic mass is 10.2. The normalized spacial score (nSPS) is 20.4. The largest absolute Gasteiger partial charge is 0.449 e. The molecule has 0 spiro atoms. The first kappa shape index (κ1) is 14.3. The fourth-order valence-electron chi connectivity index (χ4n) is 2.29. The molecule has 1 atom stereocenters. The van der Waals surface area contributed by atoms with E-state index in [2.05, 4.69) is 5.32 Å². The first-order valence-corrected chi connectivity index (χ1v) is 8.71. The highest BCUT2D eigenvalue weighted by Crippen LogP contribution is 2.32. The van der Waals surface area contributed by atoms with Crippen LogP contribution in [0.2, 0.25) is 0 Å². The van der Waals surface area contributed by atoms with Crippen LogP contribution in [0.5, 0.6) is 0 Å². The zero-order chi connectivity index (χ0) is 15.0. The zero-order valence-corrected chi connectivity index (χ0v) is 12.9. The monoisotopic (exact) mass is 326 g/mol. The van der Waals surface area contributed by atoms with Gasteiger partial charge in [0.15, 0.2) is 0 Å². The Bertz CT molecular complexity index is 749. The zero-order valence-electron chi connectivity index (χ0n) is 11.3. The smallest absolute Gasteiger partial charge is 0.277 e. The summed E-state index contributed by atoms with van der Waals surface area (Å²) in [5, 5.41) is 4.40. The summed E-state index contributed by atoms with van der Waals surface area (Å²) in [6.45, 7) is 2.19. The average Bonchev–Trinajstić information content (AvgIpc) is 3.09. The molecular formula is C13H14N2O4S2. The van der Waals surface area contributed by atoms with Gasteiger partial charge < -0.3 is 9.73 Å². The lowest BCUT2D eigenvalue weighted by Crippen LogP contribution is -2.51. The molecule has 112 valence electrons. The number of thiophene rings is 1. The van der Waals surface area contributed by atoms with Crippen LogP contribution in [0, 0.1) is 6.92 Å². The first-order chi connectivity index (χ1) is 10.00. The third-order valence-electron chi connectivity index (χ3n) is 3.26.